The Balaban J connectivity index is 2.48. The van der Waals surface area contributed by atoms with Crippen LogP contribution in [0.4, 0.5) is 0 Å². The van der Waals surface area contributed by atoms with Crippen LogP contribution in [0.1, 0.15) is 18.9 Å². The van der Waals surface area contributed by atoms with Gasteiger partial charge in [-0.1, -0.05) is 0 Å². The molecule has 0 saturated heterocycles. The first-order chi connectivity index (χ1) is 6.77. The molecule has 1 saturated carbocycles. The second-order valence-electron chi connectivity index (χ2n) is 3.50. The van der Waals surface area contributed by atoms with Gasteiger partial charge in [0.25, 0.3) is 5.56 Å². The molecule has 0 unspecified atom stereocenters. The molecule has 2 aromatic heterocycles. The van der Waals surface area contributed by atoms with E-state index in [0.29, 0.717) is 10.8 Å². The largest absolute Gasteiger partial charge is 0.323 e. The molecular weight excluding hydrogens is 216 g/mol. The van der Waals surface area contributed by atoms with Gasteiger partial charge in [-0.05, 0) is 36.5 Å². The number of aromatic amines is 1. The molecule has 5 heteroatoms. The minimum Gasteiger partial charge on any atom is -0.323 e. The van der Waals surface area contributed by atoms with Crippen LogP contribution in [0.15, 0.2) is 16.2 Å². The van der Waals surface area contributed by atoms with Crippen LogP contribution in [0.5, 0.6) is 0 Å². The highest BCUT2D eigenvalue weighted by molar-refractivity contribution is 7.71. The van der Waals surface area contributed by atoms with Crippen molar-refractivity contribution in [1.82, 2.24) is 9.55 Å². The predicted molar refractivity (Wildman–Crippen MR) is 59.5 cm³/mol. The first-order valence-corrected chi connectivity index (χ1v) is 5.78. The third-order valence-corrected chi connectivity index (χ3v) is 3.59. The molecule has 0 atom stereocenters. The maximum atomic E-state index is 12.0. The Morgan fingerprint density at radius 1 is 1.57 bits per heavy atom. The number of aromatic nitrogens is 2. The molecule has 0 aliphatic heterocycles. The molecule has 2 heterocycles. The van der Waals surface area contributed by atoms with Crippen molar-refractivity contribution in [2.75, 3.05) is 0 Å². The van der Waals surface area contributed by atoms with Crippen molar-refractivity contribution in [3.63, 3.8) is 0 Å². The SMILES string of the molecule is O=c1c2ccsc2[nH]c(=S)n1C1CC1. The molecule has 0 spiro atoms. The van der Waals surface area contributed by atoms with E-state index < -0.39 is 0 Å². The Labute approximate surface area is 89.0 Å². The van der Waals surface area contributed by atoms with E-state index in [1.165, 1.54) is 11.3 Å². The molecule has 1 N–H and O–H groups in total. The van der Waals surface area contributed by atoms with Crippen molar-refractivity contribution in [3.05, 3.63) is 26.6 Å². The van der Waals surface area contributed by atoms with Gasteiger partial charge in [-0.2, -0.15) is 0 Å². The van der Waals surface area contributed by atoms with Crippen LogP contribution < -0.4 is 5.56 Å². The topological polar surface area (TPSA) is 37.8 Å². The van der Waals surface area contributed by atoms with Gasteiger partial charge in [0, 0.05) is 6.04 Å². The first kappa shape index (κ1) is 8.38. The van der Waals surface area contributed by atoms with E-state index in [2.05, 4.69) is 4.98 Å². The summed E-state index contributed by atoms with van der Waals surface area (Å²) in [5.41, 5.74) is 0.0625. The molecule has 0 aromatic carbocycles. The summed E-state index contributed by atoms with van der Waals surface area (Å²) in [6, 6.07) is 2.20. The van der Waals surface area contributed by atoms with Crippen LogP contribution in [-0.4, -0.2) is 9.55 Å². The molecule has 2 aromatic rings. The normalized spacial score (nSPS) is 16.3. The Hall–Kier alpha value is -0.940. The lowest BCUT2D eigenvalue weighted by molar-refractivity contribution is 0.686. The number of rotatable bonds is 1. The third-order valence-electron chi connectivity index (χ3n) is 2.47. The van der Waals surface area contributed by atoms with E-state index in [4.69, 9.17) is 12.2 Å². The van der Waals surface area contributed by atoms with E-state index >= 15 is 0 Å². The van der Waals surface area contributed by atoms with E-state index in [-0.39, 0.29) is 5.56 Å². The van der Waals surface area contributed by atoms with Crippen molar-refractivity contribution in [3.8, 4) is 0 Å². The van der Waals surface area contributed by atoms with Gasteiger partial charge in [0.05, 0.1) is 5.39 Å². The zero-order valence-electron chi connectivity index (χ0n) is 7.32. The summed E-state index contributed by atoms with van der Waals surface area (Å²) >= 11 is 6.68. The van der Waals surface area contributed by atoms with Crippen molar-refractivity contribution in [2.24, 2.45) is 0 Å². The Morgan fingerprint density at radius 2 is 2.36 bits per heavy atom. The average Bonchev–Trinajstić information content (AvgIpc) is 2.84. The fourth-order valence-corrected chi connectivity index (χ4v) is 2.79. The fourth-order valence-electron chi connectivity index (χ4n) is 1.62. The van der Waals surface area contributed by atoms with Gasteiger partial charge in [-0.3, -0.25) is 9.36 Å². The van der Waals surface area contributed by atoms with E-state index in [1.54, 1.807) is 4.57 Å². The van der Waals surface area contributed by atoms with Crippen molar-refractivity contribution in [1.29, 1.82) is 0 Å². The monoisotopic (exact) mass is 224 g/mol. The molecule has 14 heavy (non-hydrogen) atoms. The number of hydrogen-bond donors (Lipinski definition) is 1. The molecule has 0 radical (unpaired) electrons. The van der Waals surface area contributed by atoms with Crippen LogP contribution in [0.25, 0.3) is 10.2 Å². The number of fused-ring (bicyclic) bond motifs is 1. The van der Waals surface area contributed by atoms with Crippen LogP contribution >= 0.6 is 23.6 Å². The highest BCUT2D eigenvalue weighted by Gasteiger charge is 2.26. The van der Waals surface area contributed by atoms with Crippen LogP contribution in [0, 0.1) is 4.77 Å². The summed E-state index contributed by atoms with van der Waals surface area (Å²) in [6.07, 6.45) is 2.15. The third kappa shape index (κ3) is 1.09. The molecule has 3 nitrogen and oxygen atoms in total. The highest BCUT2D eigenvalue weighted by Crippen LogP contribution is 2.34. The maximum absolute atomic E-state index is 12.0. The second-order valence-corrected chi connectivity index (χ2v) is 4.80. The first-order valence-electron chi connectivity index (χ1n) is 4.49. The Bertz CT molecular complexity index is 603. The zero-order valence-corrected chi connectivity index (χ0v) is 8.95. The van der Waals surface area contributed by atoms with Crippen LogP contribution in [-0.2, 0) is 0 Å². The van der Waals surface area contributed by atoms with Crippen molar-refractivity contribution < 1.29 is 0 Å². The van der Waals surface area contributed by atoms with Crippen LogP contribution in [0.3, 0.4) is 0 Å². The van der Waals surface area contributed by atoms with Gasteiger partial charge >= 0.3 is 0 Å². The number of nitrogens with one attached hydrogen (secondary N) is 1. The summed E-state index contributed by atoms with van der Waals surface area (Å²) < 4.78 is 2.28. The van der Waals surface area contributed by atoms with Gasteiger partial charge in [0.15, 0.2) is 4.77 Å². The molecule has 1 aliphatic rings. The van der Waals surface area contributed by atoms with Gasteiger partial charge in [-0.25, -0.2) is 0 Å². The summed E-state index contributed by atoms with van der Waals surface area (Å²) in [7, 11) is 0. The Kier molecular flexibility index (Phi) is 1.66. The summed E-state index contributed by atoms with van der Waals surface area (Å²) in [6.45, 7) is 0. The highest BCUT2D eigenvalue weighted by atomic mass is 32.1. The van der Waals surface area contributed by atoms with Crippen LogP contribution in [0.2, 0.25) is 0 Å². The number of thiophene rings is 1. The molecule has 0 amide bonds. The van der Waals surface area contributed by atoms with Gasteiger partial charge < -0.3 is 4.98 Å². The minimum atomic E-state index is 0.0625. The van der Waals surface area contributed by atoms with Crippen molar-refractivity contribution >= 4 is 33.8 Å². The lowest BCUT2D eigenvalue weighted by Gasteiger charge is -2.02. The standard InChI is InChI=1S/C9H8N2OS2/c12-8-6-3-4-14-7(6)10-9(13)11(8)5-1-2-5/h3-5H,1-2H2,(H,10,13). The quantitative estimate of drug-likeness (QED) is 0.756. The average molecular weight is 224 g/mol. The van der Waals surface area contributed by atoms with Gasteiger partial charge in [-0.15, -0.1) is 11.3 Å². The number of H-pyrrole nitrogens is 1. The van der Waals surface area contributed by atoms with Gasteiger partial charge in [0.2, 0.25) is 0 Å². The van der Waals surface area contributed by atoms with Crippen molar-refractivity contribution in [2.45, 2.75) is 18.9 Å². The minimum absolute atomic E-state index is 0.0625. The molecule has 0 bridgehead atoms. The number of nitrogens with zero attached hydrogens (tertiary/aromatic N) is 1. The molecule has 1 fully saturated rings. The van der Waals surface area contributed by atoms with E-state index in [0.717, 1.165) is 23.1 Å². The lowest BCUT2D eigenvalue weighted by Crippen LogP contribution is -2.20. The second kappa shape index (κ2) is 2.77. The fraction of sp³-hybridized carbons (Fsp3) is 0.333. The van der Waals surface area contributed by atoms with Gasteiger partial charge in [0.1, 0.15) is 4.83 Å². The maximum Gasteiger partial charge on any atom is 0.263 e. The molecular formula is C9H8N2OS2. The predicted octanol–water partition coefficient (Wildman–Crippen LogP) is 2.46. The smallest absolute Gasteiger partial charge is 0.263 e. The summed E-state index contributed by atoms with van der Waals surface area (Å²) in [5, 5.41) is 2.67. The van der Waals surface area contributed by atoms with E-state index in [1.807, 2.05) is 11.4 Å². The molecule has 1 aliphatic carbocycles. The van der Waals surface area contributed by atoms with E-state index in [9.17, 15) is 4.79 Å². The Morgan fingerprint density at radius 3 is 3.07 bits per heavy atom. The lowest BCUT2D eigenvalue weighted by atomic mass is 10.4. The molecule has 3 rings (SSSR count). The summed E-state index contributed by atoms with van der Waals surface area (Å²) in [4.78, 5) is 16.0. The zero-order chi connectivity index (χ0) is 9.71. The number of hydrogen-bond acceptors (Lipinski definition) is 3. The summed E-state index contributed by atoms with van der Waals surface area (Å²) in [5.74, 6) is 0. The molecule has 72 valence electrons.